The summed E-state index contributed by atoms with van der Waals surface area (Å²) in [5, 5.41) is 7.97. The maximum Gasteiger partial charge on any atom is 0.0798 e. The second-order valence-electron chi connectivity index (χ2n) is 6.75. The molecule has 1 N–H and O–H groups in total. The lowest BCUT2D eigenvalue weighted by Crippen LogP contribution is -2.31. The molecule has 3 heterocycles. The van der Waals surface area contributed by atoms with Gasteiger partial charge in [-0.25, -0.2) is 4.98 Å². The molecular formula is C17H27N5S. The number of hydrogen-bond acceptors (Lipinski definition) is 5. The lowest BCUT2D eigenvalue weighted by Gasteiger charge is -2.25. The van der Waals surface area contributed by atoms with Crippen LogP contribution in [0.2, 0.25) is 0 Å². The molecule has 0 aliphatic carbocycles. The molecule has 1 saturated heterocycles. The van der Waals surface area contributed by atoms with E-state index < -0.39 is 0 Å². The first kappa shape index (κ1) is 16.6. The van der Waals surface area contributed by atoms with Crippen molar-refractivity contribution in [2.75, 3.05) is 19.6 Å². The van der Waals surface area contributed by atoms with Crippen LogP contribution in [0.1, 0.15) is 42.6 Å². The minimum atomic E-state index is 0.403. The topological polar surface area (TPSA) is 46.0 Å². The van der Waals surface area contributed by atoms with Crippen LogP contribution in [-0.4, -0.2) is 39.3 Å². The predicted octanol–water partition coefficient (Wildman–Crippen LogP) is 2.84. The first-order valence-corrected chi connectivity index (χ1v) is 9.36. The smallest absolute Gasteiger partial charge is 0.0798 e. The summed E-state index contributed by atoms with van der Waals surface area (Å²) >= 11 is 1.77. The van der Waals surface area contributed by atoms with Crippen molar-refractivity contribution in [3.05, 3.63) is 34.0 Å². The second kappa shape index (κ2) is 7.55. The maximum atomic E-state index is 4.48. The second-order valence-corrected chi connectivity index (χ2v) is 7.69. The molecule has 5 nitrogen and oxygen atoms in total. The van der Waals surface area contributed by atoms with Gasteiger partial charge in [-0.1, -0.05) is 0 Å². The van der Waals surface area contributed by atoms with E-state index in [4.69, 9.17) is 0 Å². The SMILES string of the molecule is Cc1ncsc1CN(Cc1ccnn1C(C)C)CC1CCNC1. The van der Waals surface area contributed by atoms with Crippen LogP contribution < -0.4 is 5.32 Å². The van der Waals surface area contributed by atoms with Crippen LogP contribution in [0, 0.1) is 12.8 Å². The van der Waals surface area contributed by atoms with Gasteiger partial charge in [0.15, 0.2) is 0 Å². The molecule has 2 aromatic rings. The summed E-state index contributed by atoms with van der Waals surface area (Å²) in [4.78, 5) is 8.35. The lowest BCUT2D eigenvalue weighted by atomic mass is 10.1. The molecule has 0 saturated carbocycles. The van der Waals surface area contributed by atoms with Crippen LogP contribution in [0.3, 0.4) is 0 Å². The molecule has 2 aromatic heterocycles. The van der Waals surface area contributed by atoms with Gasteiger partial charge in [-0.15, -0.1) is 11.3 Å². The van der Waals surface area contributed by atoms with Gasteiger partial charge in [-0.2, -0.15) is 5.10 Å². The van der Waals surface area contributed by atoms with Crippen LogP contribution in [0.15, 0.2) is 17.8 Å². The van der Waals surface area contributed by atoms with Gasteiger partial charge in [0.05, 0.1) is 16.9 Å². The standard InChI is InChI=1S/C17H27N5S/c1-13(2)22-16(5-7-20-22)10-21(9-15-4-6-18-8-15)11-17-14(3)19-12-23-17/h5,7,12-13,15,18H,4,6,8-11H2,1-3H3. The average molecular weight is 334 g/mol. The van der Waals surface area contributed by atoms with Crippen LogP contribution in [-0.2, 0) is 13.1 Å². The molecule has 0 bridgehead atoms. The molecule has 0 spiro atoms. The molecule has 1 fully saturated rings. The van der Waals surface area contributed by atoms with Crippen molar-refractivity contribution in [1.82, 2.24) is 25.0 Å². The van der Waals surface area contributed by atoms with Gasteiger partial charge in [-0.3, -0.25) is 9.58 Å². The Bertz CT molecular complexity index is 612. The third kappa shape index (κ3) is 4.19. The molecule has 3 rings (SSSR count). The fourth-order valence-corrected chi connectivity index (χ4v) is 4.08. The van der Waals surface area contributed by atoms with Crippen LogP contribution in [0.25, 0.3) is 0 Å². The van der Waals surface area contributed by atoms with Crippen molar-refractivity contribution in [2.45, 2.75) is 46.3 Å². The van der Waals surface area contributed by atoms with Crippen molar-refractivity contribution in [1.29, 1.82) is 0 Å². The van der Waals surface area contributed by atoms with Gasteiger partial charge in [0, 0.05) is 36.8 Å². The first-order chi connectivity index (χ1) is 11.1. The summed E-state index contributed by atoms with van der Waals surface area (Å²) in [5.41, 5.74) is 4.42. The van der Waals surface area contributed by atoms with Crippen molar-refractivity contribution < 1.29 is 0 Å². The number of nitrogens with one attached hydrogen (secondary N) is 1. The third-order valence-corrected chi connectivity index (χ3v) is 5.44. The molecule has 6 heteroatoms. The van der Waals surface area contributed by atoms with Crippen LogP contribution >= 0.6 is 11.3 Å². The highest BCUT2D eigenvalue weighted by atomic mass is 32.1. The normalized spacial score (nSPS) is 18.4. The van der Waals surface area contributed by atoms with E-state index >= 15 is 0 Å². The quantitative estimate of drug-likeness (QED) is 0.846. The Balaban J connectivity index is 1.73. The van der Waals surface area contributed by atoms with E-state index in [-0.39, 0.29) is 0 Å². The largest absolute Gasteiger partial charge is 0.316 e. The molecule has 126 valence electrons. The summed E-state index contributed by atoms with van der Waals surface area (Å²) in [5.74, 6) is 0.749. The molecule has 23 heavy (non-hydrogen) atoms. The molecule has 0 aromatic carbocycles. The Morgan fingerprint density at radius 3 is 2.96 bits per heavy atom. The number of thiazole rings is 1. The zero-order chi connectivity index (χ0) is 16.2. The minimum Gasteiger partial charge on any atom is -0.316 e. The number of aryl methyl sites for hydroxylation is 1. The van der Waals surface area contributed by atoms with E-state index in [0.717, 1.165) is 38.6 Å². The van der Waals surface area contributed by atoms with Crippen molar-refractivity contribution >= 4 is 11.3 Å². The molecule has 1 atom stereocenters. The Hall–Kier alpha value is -1.24. The Morgan fingerprint density at radius 2 is 2.30 bits per heavy atom. The van der Waals surface area contributed by atoms with E-state index in [2.05, 4.69) is 51.8 Å². The Morgan fingerprint density at radius 1 is 1.43 bits per heavy atom. The van der Waals surface area contributed by atoms with Crippen molar-refractivity contribution in [2.24, 2.45) is 5.92 Å². The molecule has 0 radical (unpaired) electrons. The highest BCUT2D eigenvalue weighted by Gasteiger charge is 2.21. The van der Waals surface area contributed by atoms with Crippen LogP contribution in [0.5, 0.6) is 0 Å². The van der Waals surface area contributed by atoms with E-state index in [1.165, 1.54) is 22.7 Å². The molecule has 0 amide bonds. The maximum absolute atomic E-state index is 4.48. The zero-order valence-electron chi connectivity index (χ0n) is 14.3. The van der Waals surface area contributed by atoms with E-state index in [1.807, 2.05) is 11.7 Å². The van der Waals surface area contributed by atoms with Gasteiger partial charge in [0.1, 0.15) is 0 Å². The fraction of sp³-hybridized carbons (Fsp3) is 0.647. The molecule has 1 unspecified atom stereocenters. The predicted molar refractivity (Wildman–Crippen MR) is 94.6 cm³/mol. The summed E-state index contributed by atoms with van der Waals surface area (Å²) < 4.78 is 2.14. The average Bonchev–Trinajstić information content (AvgIpc) is 3.23. The fourth-order valence-electron chi connectivity index (χ4n) is 3.26. The number of nitrogens with zero attached hydrogens (tertiary/aromatic N) is 4. The van der Waals surface area contributed by atoms with Crippen LogP contribution in [0.4, 0.5) is 0 Å². The third-order valence-electron chi connectivity index (χ3n) is 4.52. The molecule has 1 aliphatic heterocycles. The van der Waals surface area contributed by atoms with Gasteiger partial charge >= 0.3 is 0 Å². The number of rotatable bonds is 7. The number of aromatic nitrogens is 3. The number of hydrogen-bond donors (Lipinski definition) is 1. The molecular weight excluding hydrogens is 306 g/mol. The van der Waals surface area contributed by atoms with Gasteiger partial charge < -0.3 is 5.32 Å². The van der Waals surface area contributed by atoms with Crippen molar-refractivity contribution in [3.8, 4) is 0 Å². The van der Waals surface area contributed by atoms with Gasteiger partial charge in [-0.05, 0) is 52.3 Å². The summed E-state index contributed by atoms with van der Waals surface area (Å²) in [6.45, 7) is 11.9. The van der Waals surface area contributed by atoms with E-state index in [0.29, 0.717) is 6.04 Å². The molecule has 1 aliphatic rings. The van der Waals surface area contributed by atoms with Crippen molar-refractivity contribution in [3.63, 3.8) is 0 Å². The van der Waals surface area contributed by atoms with Gasteiger partial charge in [0.25, 0.3) is 0 Å². The highest BCUT2D eigenvalue weighted by Crippen LogP contribution is 2.20. The van der Waals surface area contributed by atoms with E-state index in [1.54, 1.807) is 11.3 Å². The Labute approximate surface area is 142 Å². The first-order valence-electron chi connectivity index (χ1n) is 8.48. The minimum absolute atomic E-state index is 0.403. The highest BCUT2D eigenvalue weighted by molar-refractivity contribution is 7.09. The monoisotopic (exact) mass is 333 g/mol. The van der Waals surface area contributed by atoms with E-state index in [9.17, 15) is 0 Å². The lowest BCUT2D eigenvalue weighted by molar-refractivity contribution is 0.214. The summed E-state index contributed by atoms with van der Waals surface area (Å²) in [7, 11) is 0. The summed E-state index contributed by atoms with van der Waals surface area (Å²) in [6.07, 6.45) is 3.20. The van der Waals surface area contributed by atoms with Gasteiger partial charge in [0.2, 0.25) is 0 Å². The summed E-state index contributed by atoms with van der Waals surface area (Å²) in [6, 6.07) is 2.56. The Kier molecular flexibility index (Phi) is 5.46. The zero-order valence-corrected chi connectivity index (χ0v) is 15.1.